The Balaban J connectivity index is 2.23. The Morgan fingerprint density at radius 3 is 2.62 bits per heavy atom. The van der Waals surface area contributed by atoms with E-state index in [1.54, 1.807) is 12.1 Å². The molecule has 1 saturated heterocycles. The topological polar surface area (TPSA) is 78.6 Å². The van der Waals surface area contributed by atoms with Gasteiger partial charge in [-0.05, 0) is 38.9 Å². The lowest BCUT2D eigenvalue weighted by Gasteiger charge is -2.40. The summed E-state index contributed by atoms with van der Waals surface area (Å²) < 4.78 is 0. The van der Waals surface area contributed by atoms with Gasteiger partial charge in [0.15, 0.2) is 0 Å². The van der Waals surface area contributed by atoms with Gasteiger partial charge < -0.3 is 21.1 Å². The summed E-state index contributed by atoms with van der Waals surface area (Å²) >= 11 is 5.18. The summed E-state index contributed by atoms with van der Waals surface area (Å²) in [6, 6.07) is 4.93. The van der Waals surface area contributed by atoms with Crippen LogP contribution in [-0.4, -0.2) is 46.6 Å². The molecule has 0 spiro atoms. The fourth-order valence-corrected chi connectivity index (χ4v) is 2.80. The van der Waals surface area contributed by atoms with Gasteiger partial charge >= 0.3 is 0 Å². The number of nitrogens with zero attached hydrogens (tertiary/aromatic N) is 1. The van der Waals surface area contributed by atoms with Gasteiger partial charge in [0, 0.05) is 13.1 Å². The highest BCUT2D eigenvalue weighted by Crippen LogP contribution is 2.25. The predicted molar refractivity (Wildman–Crippen MR) is 86.6 cm³/mol. The molecule has 1 amide bonds. The Labute approximate surface area is 130 Å². The third-order valence-corrected chi connectivity index (χ3v) is 4.45. The van der Waals surface area contributed by atoms with Crippen LogP contribution in [0.1, 0.15) is 28.8 Å². The van der Waals surface area contributed by atoms with Crippen molar-refractivity contribution >= 4 is 23.1 Å². The largest absolute Gasteiger partial charge is 0.507 e. The average molecular weight is 307 g/mol. The SMILES string of the molecule is Cc1ccc(O)c(C(=O)NC2(C(N)=S)CCN(C)CC2)c1. The Hall–Kier alpha value is -1.66. The van der Waals surface area contributed by atoms with Crippen LogP contribution in [-0.2, 0) is 0 Å². The number of aryl methyl sites for hydroxylation is 1. The first-order valence-corrected chi connectivity index (χ1v) is 7.35. The van der Waals surface area contributed by atoms with Gasteiger partial charge in [0.25, 0.3) is 5.91 Å². The molecule has 6 heteroatoms. The summed E-state index contributed by atoms with van der Waals surface area (Å²) in [7, 11) is 2.03. The third-order valence-electron chi connectivity index (χ3n) is 4.06. The quantitative estimate of drug-likeness (QED) is 0.731. The van der Waals surface area contributed by atoms with Crippen molar-refractivity contribution in [1.29, 1.82) is 0 Å². The molecular weight excluding hydrogens is 286 g/mol. The molecule has 1 aromatic carbocycles. The first-order valence-electron chi connectivity index (χ1n) is 6.95. The molecule has 1 heterocycles. The molecule has 2 rings (SSSR count). The summed E-state index contributed by atoms with van der Waals surface area (Å²) in [6.45, 7) is 3.50. The van der Waals surface area contributed by atoms with Crippen LogP contribution in [0.2, 0.25) is 0 Å². The maximum Gasteiger partial charge on any atom is 0.255 e. The second kappa shape index (κ2) is 5.99. The molecule has 1 aromatic rings. The zero-order valence-electron chi connectivity index (χ0n) is 12.3. The number of piperidine rings is 1. The molecule has 5 nitrogen and oxygen atoms in total. The summed E-state index contributed by atoms with van der Waals surface area (Å²) in [4.78, 5) is 15.0. The van der Waals surface area contributed by atoms with E-state index in [-0.39, 0.29) is 17.2 Å². The first-order chi connectivity index (χ1) is 9.84. The number of amides is 1. The Kier molecular flexibility index (Phi) is 4.49. The van der Waals surface area contributed by atoms with Crippen LogP contribution in [0, 0.1) is 6.92 Å². The van der Waals surface area contributed by atoms with Crippen molar-refractivity contribution < 1.29 is 9.90 Å². The monoisotopic (exact) mass is 307 g/mol. The first kappa shape index (κ1) is 15.7. The van der Waals surface area contributed by atoms with Crippen LogP contribution >= 0.6 is 12.2 Å². The number of phenols is 1. The number of rotatable bonds is 3. The van der Waals surface area contributed by atoms with E-state index in [9.17, 15) is 9.90 Å². The fraction of sp³-hybridized carbons (Fsp3) is 0.467. The molecule has 114 valence electrons. The highest BCUT2D eigenvalue weighted by atomic mass is 32.1. The second-order valence-corrected chi connectivity index (χ2v) is 6.16. The van der Waals surface area contributed by atoms with Crippen molar-refractivity contribution in [2.45, 2.75) is 25.3 Å². The molecule has 1 fully saturated rings. The molecule has 1 aliphatic rings. The number of likely N-dealkylation sites (tertiary alicyclic amines) is 1. The molecule has 0 unspecified atom stereocenters. The van der Waals surface area contributed by atoms with E-state index in [4.69, 9.17) is 18.0 Å². The van der Waals surface area contributed by atoms with E-state index < -0.39 is 5.54 Å². The minimum Gasteiger partial charge on any atom is -0.507 e. The van der Waals surface area contributed by atoms with Gasteiger partial charge in [-0.3, -0.25) is 4.79 Å². The maximum absolute atomic E-state index is 12.5. The summed E-state index contributed by atoms with van der Waals surface area (Å²) in [5.74, 6) is -0.377. The smallest absolute Gasteiger partial charge is 0.255 e. The van der Waals surface area contributed by atoms with Crippen molar-refractivity contribution in [3.8, 4) is 5.75 Å². The number of carbonyl (C=O) groups excluding carboxylic acids is 1. The second-order valence-electron chi connectivity index (χ2n) is 5.72. The third kappa shape index (κ3) is 3.33. The number of hydrogen-bond acceptors (Lipinski definition) is 4. The minimum absolute atomic E-state index is 0.0379. The predicted octanol–water partition coefficient (Wildman–Crippen LogP) is 1.18. The molecule has 0 atom stereocenters. The van der Waals surface area contributed by atoms with Crippen molar-refractivity contribution in [2.75, 3.05) is 20.1 Å². The van der Waals surface area contributed by atoms with Crippen LogP contribution < -0.4 is 11.1 Å². The van der Waals surface area contributed by atoms with Gasteiger partial charge in [-0.15, -0.1) is 0 Å². The van der Waals surface area contributed by atoms with Crippen LogP contribution in [0.25, 0.3) is 0 Å². The fourth-order valence-electron chi connectivity index (χ4n) is 2.55. The summed E-state index contributed by atoms with van der Waals surface area (Å²) in [5.41, 5.74) is 6.37. The number of thiocarbonyl (C=S) groups is 1. The lowest BCUT2D eigenvalue weighted by molar-refractivity contribution is 0.0887. The number of aromatic hydroxyl groups is 1. The lowest BCUT2D eigenvalue weighted by atomic mass is 9.87. The van der Waals surface area contributed by atoms with Gasteiger partial charge in [-0.25, -0.2) is 0 Å². The normalized spacial score (nSPS) is 18.2. The van der Waals surface area contributed by atoms with Gasteiger partial charge in [0.1, 0.15) is 5.75 Å². The van der Waals surface area contributed by atoms with Crippen molar-refractivity contribution in [3.63, 3.8) is 0 Å². The average Bonchev–Trinajstić information content (AvgIpc) is 2.44. The summed E-state index contributed by atoms with van der Waals surface area (Å²) in [6.07, 6.45) is 1.36. The molecule has 21 heavy (non-hydrogen) atoms. The van der Waals surface area contributed by atoms with E-state index in [0.717, 1.165) is 18.7 Å². The molecular formula is C15H21N3O2S. The van der Waals surface area contributed by atoms with Crippen molar-refractivity contribution in [1.82, 2.24) is 10.2 Å². The van der Waals surface area contributed by atoms with E-state index in [2.05, 4.69) is 10.2 Å². The molecule has 4 N–H and O–H groups in total. The number of nitrogens with two attached hydrogens (primary N) is 1. The van der Waals surface area contributed by atoms with Gasteiger partial charge in [-0.2, -0.15) is 0 Å². The highest BCUT2D eigenvalue weighted by molar-refractivity contribution is 7.80. The molecule has 0 bridgehead atoms. The maximum atomic E-state index is 12.5. The Morgan fingerprint density at radius 2 is 2.05 bits per heavy atom. The number of phenolic OH excluding ortho intramolecular Hbond substituents is 1. The standard InChI is InChI=1S/C15H21N3O2S/c1-10-3-4-12(19)11(9-10)13(20)17-15(14(16)21)5-7-18(2)8-6-15/h3-4,9,19H,5-8H2,1-2H3,(H2,16,21)(H,17,20). The minimum atomic E-state index is -0.672. The van der Waals surface area contributed by atoms with Gasteiger partial charge in [0.05, 0.1) is 16.1 Å². The van der Waals surface area contributed by atoms with Crippen molar-refractivity contribution in [2.24, 2.45) is 5.73 Å². The number of carbonyl (C=O) groups is 1. The number of nitrogens with one attached hydrogen (secondary N) is 1. The number of hydrogen-bond donors (Lipinski definition) is 3. The molecule has 0 saturated carbocycles. The lowest BCUT2D eigenvalue weighted by Crippen LogP contribution is -2.61. The van der Waals surface area contributed by atoms with E-state index in [1.165, 1.54) is 6.07 Å². The van der Waals surface area contributed by atoms with E-state index >= 15 is 0 Å². The molecule has 1 aliphatic heterocycles. The molecule has 0 aromatic heterocycles. The highest BCUT2D eigenvalue weighted by Gasteiger charge is 2.38. The Morgan fingerprint density at radius 1 is 1.43 bits per heavy atom. The zero-order chi connectivity index (χ0) is 15.6. The van der Waals surface area contributed by atoms with E-state index in [0.29, 0.717) is 17.8 Å². The van der Waals surface area contributed by atoms with Gasteiger partial charge in [-0.1, -0.05) is 23.8 Å². The Bertz CT molecular complexity index is 566. The zero-order valence-corrected chi connectivity index (χ0v) is 13.2. The van der Waals surface area contributed by atoms with Crippen molar-refractivity contribution in [3.05, 3.63) is 29.3 Å². The summed E-state index contributed by atoms with van der Waals surface area (Å²) in [5, 5.41) is 12.8. The van der Waals surface area contributed by atoms with Crippen LogP contribution in [0.4, 0.5) is 0 Å². The molecule has 0 radical (unpaired) electrons. The number of benzene rings is 1. The van der Waals surface area contributed by atoms with Crippen LogP contribution in [0.15, 0.2) is 18.2 Å². The molecule has 0 aliphatic carbocycles. The van der Waals surface area contributed by atoms with Crippen LogP contribution in [0.5, 0.6) is 5.75 Å². The van der Waals surface area contributed by atoms with Gasteiger partial charge in [0.2, 0.25) is 0 Å². The van der Waals surface area contributed by atoms with Crippen LogP contribution in [0.3, 0.4) is 0 Å². The van der Waals surface area contributed by atoms with E-state index in [1.807, 2.05) is 14.0 Å².